The molecule has 0 spiro atoms. The van der Waals surface area contributed by atoms with E-state index in [-0.39, 0.29) is 18.4 Å². The van der Waals surface area contributed by atoms with Gasteiger partial charge in [0.25, 0.3) is 11.8 Å². The Bertz CT molecular complexity index is 1020. The maximum atomic E-state index is 13.1. The van der Waals surface area contributed by atoms with Crippen LogP contribution in [0.4, 0.5) is 5.69 Å². The fourth-order valence-corrected chi connectivity index (χ4v) is 3.34. The number of ether oxygens (including phenoxy) is 1. The molecule has 5 nitrogen and oxygen atoms in total. The first-order valence-corrected chi connectivity index (χ1v) is 9.64. The highest BCUT2D eigenvalue weighted by atomic mass is 35.5. The first kappa shape index (κ1) is 19.0. The van der Waals surface area contributed by atoms with Gasteiger partial charge >= 0.3 is 0 Å². The minimum Gasteiger partial charge on any atom is -0.477 e. The van der Waals surface area contributed by atoms with E-state index < -0.39 is 6.10 Å². The second kappa shape index (κ2) is 8.37. The smallest absolute Gasteiger partial charge is 0.263 e. The number of nitrogens with one attached hydrogen (secondary N) is 1. The number of amides is 2. The lowest BCUT2D eigenvalue weighted by atomic mass is 10.1. The zero-order valence-electron chi connectivity index (χ0n) is 15.5. The third-order valence-corrected chi connectivity index (χ3v) is 4.96. The highest BCUT2D eigenvalue weighted by molar-refractivity contribution is 6.30. The molecular formula is C23H19ClN2O3. The van der Waals surface area contributed by atoms with Gasteiger partial charge in [0.1, 0.15) is 5.75 Å². The average Bonchev–Trinajstić information content (AvgIpc) is 2.77. The molecule has 1 aliphatic heterocycles. The third-order valence-electron chi connectivity index (χ3n) is 4.71. The quantitative estimate of drug-likeness (QED) is 0.710. The maximum Gasteiger partial charge on any atom is 0.263 e. The number of anilines is 1. The molecule has 3 aromatic carbocycles. The molecule has 146 valence electrons. The van der Waals surface area contributed by atoms with E-state index in [1.807, 2.05) is 42.5 Å². The summed E-state index contributed by atoms with van der Waals surface area (Å²) in [5.74, 6) is 0.0245. The molecule has 0 fully saturated rings. The predicted octanol–water partition coefficient (Wildman–Crippen LogP) is 4.06. The largest absolute Gasteiger partial charge is 0.477 e. The van der Waals surface area contributed by atoms with Crippen LogP contribution in [0.3, 0.4) is 0 Å². The first-order chi connectivity index (χ1) is 14.1. The van der Waals surface area contributed by atoms with Gasteiger partial charge in [0.15, 0.2) is 6.10 Å². The molecule has 0 saturated heterocycles. The molecule has 0 aromatic heterocycles. The number of para-hydroxylation sites is 2. The van der Waals surface area contributed by atoms with Crippen molar-refractivity contribution in [3.8, 4) is 5.75 Å². The number of hydrogen-bond donors (Lipinski definition) is 1. The molecular weight excluding hydrogens is 388 g/mol. The Morgan fingerprint density at radius 1 is 0.966 bits per heavy atom. The zero-order chi connectivity index (χ0) is 20.2. The van der Waals surface area contributed by atoms with E-state index >= 15 is 0 Å². The minimum absolute atomic E-state index is 0.124. The number of nitrogens with zero attached hydrogens (tertiary/aromatic N) is 1. The van der Waals surface area contributed by atoms with Gasteiger partial charge in [0.2, 0.25) is 0 Å². The molecule has 6 heteroatoms. The summed E-state index contributed by atoms with van der Waals surface area (Å²) in [4.78, 5) is 27.4. The molecule has 0 bridgehead atoms. The van der Waals surface area contributed by atoms with Gasteiger partial charge in [-0.15, -0.1) is 0 Å². The topological polar surface area (TPSA) is 58.6 Å². The number of halogens is 1. The standard InChI is InChI=1S/C23H19ClN2O3/c24-18-12-10-17(11-13-18)23(28)26-15-21(29-20-9-5-4-8-19(20)26)22(27)25-14-16-6-2-1-3-7-16/h1-13,21H,14-15H2,(H,25,27). The summed E-state index contributed by atoms with van der Waals surface area (Å²) >= 11 is 5.94. The van der Waals surface area contributed by atoms with Crippen LogP contribution in [0.25, 0.3) is 0 Å². The van der Waals surface area contributed by atoms with E-state index in [1.165, 1.54) is 0 Å². The van der Waals surface area contributed by atoms with Crippen LogP contribution in [0.5, 0.6) is 5.75 Å². The van der Waals surface area contributed by atoms with Crippen LogP contribution in [0.15, 0.2) is 78.9 Å². The minimum atomic E-state index is -0.801. The molecule has 0 radical (unpaired) electrons. The van der Waals surface area contributed by atoms with Crippen LogP contribution in [0, 0.1) is 0 Å². The number of carbonyl (C=O) groups is 2. The summed E-state index contributed by atoms with van der Waals surface area (Å²) in [6, 6.07) is 23.5. The van der Waals surface area contributed by atoms with E-state index in [2.05, 4.69) is 5.32 Å². The SMILES string of the molecule is O=C(NCc1ccccc1)C1CN(C(=O)c2ccc(Cl)cc2)c2ccccc2O1. The molecule has 3 aromatic rings. The van der Waals surface area contributed by atoms with Gasteiger partial charge in [-0.25, -0.2) is 0 Å². The average molecular weight is 407 g/mol. The van der Waals surface area contributed by atoms with E-state index in [4.69, 9.17) is 16.3 Å². The first-order valence-electron chi connectivity index (χ1n) is 9.26. The summed E-state index contributed by atoms with van der Waals surface area (Å²) in [5.41, 5.74) is 2.13. The molecule has 1 heterocycles. The Hall–Kier alpha value is -3.31. The van der Waals surface area contributed by atoms with Crippen molar-refractivity contribution in [2.45, 2.75) is 12.6 Å². The summed E-state index contributed by atoms with van der Waals surface area (Å²) in [6.07, 6.45) is -0.801. The molecule has 1 aliphatic rings. The predicted molar refractivity (Wildman–Crippen MR) is 112 cm³/mol. The summed E-state index contributed by atoms with van der Waals surface area (Å²) in [6.45, 7) is 0.519. The third kappa shape index (κ3) is 4.25. The number of hydrogen-bond acceptors (Lipinski definition) is 3. The van der Waals surface area contributed by atoms with Crippen LogP contribution >= 0.6 is 11.6 Å². The number of fused-ring (bicyclic) bond motifs is 1. The van der Waals surface area contributed by atoms with Crippen molar-refractivity contribution in [2.24, 2.45) is 0 Å². The van der Waals surface area contributed by atoms with Crippen LogP contribution in [0.1, 0.15) is 15.9 Å². The molecule has 0 aliphatic carbocycles. The Balaban J connectivity index is 1.54. The van der Waals surface area contributed by atoms with Crippen molar-refractivity contribution in [2.75, 3.05) is 11.4 Å². The van der Waals surface area contributed by atoms with E-state index in [9.17, 15) is 9.59 Å². The van der Waals surface area contributed by atoms with Crippen LogP contribution in [0.2, 0.25) is 5.02 Å². The van der Waals surface area contributed by atoms with Crippen molar-refractivity contribution >= 4 is 29.1 Å². The van der Waals surface area contributed by atoms with Gasteiger partial charge in [0, 0.05) is 17.1 Å². The molecule has 0 saturated carbocycles. The lowest BCUT2D eigenvalue weighted by molar-refractivity contribution is -0.127. The molecule has 1 unspecified atom stereocenters. The summed E-state index contributed by atoms with van der Waals surface area (Å²) in [5, 5.41) is 3.44. The second-order valence-corrected chi connectivity index (χ2v) is 7.14. The van der Waals surface area contributed by atoms with E-state index in [0.717, 1.165) is 5.56 Å². The molecule has 29 heavy (non-hydrogen) atoms. The van der Waals surface area contributed by atoms with Gasteiger partial charge in [0.05, 0.1) is 12.2 Å². The normalized spacial score (nSPS) is 15.2. The summed E-state index contributed by atoms with van der Waals surface area (Å²) in [7, 11) is 0. The van der Waals surface area contributed by atoms with Gasteiger partial charge in [-0.2, -0.15) is 0 Å². The van der Waals surface area contributed by atoms with Crippen LogP contribution in [-0.2, 0) is 11.3 Å². The Kier molecular flexibility index (Phi) is 5.49. The van der Waals surface area contributed by atoms with Crippen molar-refractivity contribution in [1.29, 1.82) is 0 Å². The monoisotopic (exact) mass is 406 g/mol. The fraction of sp³-hybridized carbons (Fsp3) is 0.130. The number of rotatable bonds is 4. The second-order valence-electron chi connectivity index (χ2n) is 6.70. The zero-order valence-corrected chi connectivity index (χ0v) is 16.3. The van der Waals surface area contributed by atoms with Gasteiger partial charge in [-0.1, -0.05) is 54.1 Å². The molecule has 1 N–H and O–H groups in total. The maximum absolute atomic E-state index is 13.1. The van der Waals surface area contributed by atoms with E-state index in [1.54, 1.807) is 41.3 Å². The summed E-state index contributed by atoms with van der Waals surface area (Å²) < 4.78 is 5.89. The lowest BCUT2D eigenvalue weighted by Crippen LogP contribution is -2.50. The van der Waals surface area contributed by atoms with Gasteiger partial charge < -0.3 is 15.0 Å². The number of benzene rings is 3. The Labute approximate surface area is 173 Å². The lowest BCUT2D eigenvalue weighted by Gasteiger charge is -2.34. The van der Waals surface area contributed by atoms with E-state index in [0.29, 0.717) is 28.6 Å². The van der Waals surface area contributed by atoms with Gasteiger partial charge in [-0.05, 0) is 42.0 Å². The number of carbonyl (C=O) groups excluding carboxylic acids is 2. The Morgan fingerprint density at radius 3 is 2.41 bits per heavy atom. The molecule has 1 atom stereocenters. The Morgan fingerprint density at radius 2 is 1.66 bits per heavy atom. The highest BCUT2D eigenvalue weighted by Crippen LogP contribution is 2.34. The van der Waals surface area contributed by atoms with Crippen molar-refractivity contribution in [3.63, 3.8) is 0 Å². The molecule has 2 amide bonds. The fourth-order valence-electron chi connectivity index (χ4n) is 3.21. The van der Waals surface area contributed by atoms with Crippen molar-refractivity contribution in [1.82, 2.24) is 5.32 Å². The van der Waals surface area contributed by atoms with Crippen LogP contribution < -0.4 is 15.0 Å². The highest BCUT2D eigenvalue weighted by Gasteiger charge is 2.34. The molecule has 4 rings (SSSR count). The van der Waals surface area contributed by atoms with Crippen molar-refractivity contribution in [3.05, 3.63) is 95.0 Å². The van der Waals surface area contributed by atoms with Gasteiger partial charge in [-0.3, -0.25) is 9.59 Å². The van der Waals surface area contributed by atoms with Crippen molar-refractivity contribution < 1.29 is 14.3 Å². The van der Waals surface area contributed by atoms with Crippen LogP contribution in [-0.4, -0.2) is 24.5 Å².